The highest BCUT2D eigenvalue weighted by atomic mass is 16.4. The monoisotopic (exact) mass is 302 g/mol. The van der Waals surface area contributed by atoms with E-state index in [1.165, 1.54) is 18.9 Å². The van der Waals surface area contributed by atoms with Gasteiger partial charge in [0.2, 0.25) is 5.91 Å². The Hall–Kier alpha value is -2.63. The molecular weight excluding hydrogens is 284 g/mol. The molecule has 0 bridgehead atoms. The van der Waals surface area contributed by atoms with Crippen LogP contribution in [0, 0.1) is 0 Å². The number of hydrogen-bond donors (Lipinski definition) is 1. The van der Waals surface area contributed by atoms with Crippen LogP contribution < -0.4 is 0 Å². The number of oxazole rings is 1. The largest absolute Gasteiger partial charge is 0.480 e. The minimum absolute atomic E-state index is 0.156. The standard InChI is InChI=1S/C16H18N2O4/c1-11(16(20)21)18(2)15(19)9-8-14-17-10-13(22-14)12-6-4-3-5-7-12/h3-7,10-11H,8-9H2,1-2H3,(H,20,21). The van der Waals surface area contributed by atoms with E-state index in [4.69, 9.17) is 9.52 Å². The van der Waals surface area contributed by atoms with E-state index in [9.17, 15) is 9.59 Å². The molecule has 2 aromatic rings. The summed E-state index contributed by atoms with van der Waals surface area (Å²) in [5, 5.41) is 8.89. The third-order valence-electron chi connectivity index (χ3n) is 3.50. The quantitative estimate of drug-likeness (QED) is 0.884. The second-order valence-corrected chi connectivity index (χ2v) is 5.00. The summed E-state index contributed by atoms with van der Waals surface area (Å²) < 4.78 is 5.61. The third-order valence-corrected chi connectivity index (χ3v) is 3.50. The highest BCUT2D eigenvalue weighted by Gasteiger charge is 2.21. The molecule has 0 saturated carbocycles. The Balaban J connectivity index is 1.94. The average Bonchev–Trinajstić information content (AvgIpc) is 3.00. The highest BCUT2D eigenvalue weighted by molar-refractivity contribution is 5.83. The number of aryl methyl sites for hydroxylation is 1. The Morgan fingerprint density at radius 2 is 2.00 bits per heavy atom. The molecule has 1 aromatic heterocycles. The van der Waals surface area contributed by atoms with Gasteiger partial charge in [-0.25, -0.2) is 9.78 Å². The van der Waals surface area contributed by atoms with Crippen LogP contribution in [0.5, 0.6) is 0 Å². The molecule has 1 N–H and O–H groups in total. The predicted molar refractivity (Wildman–Crippen MR) is 80.1 cm³/mol. The van der Waals surface area contributed by atoms with Crippen molar-refractivity contribution in [1.29, 1.82) is 0 Å². The normalized spacial score (nSPS) is 11.9. The van der Waals surface area contributed by atoms with E-state index in [2.05, 4.69) is 4.98 Å². The van der Waals surface area contributed by atoms with Crippen LogP contribution >= 0.6 is 0 Å². The zero-order valence-electron chi connectivity index (χ0n) is 12.5. The van der Waals surface area contributed by atoms with Crippen LogP contribution in [-0.4, -0.2) is 40.0 Å². The fraction of sp³-hybridized carbons (Fsp3) is 0.312. The molecule has 6 heteroatoms. The Kier molecular flexibility index (Phi) is 4.93. The molecule has 1 atom stereocenters. The van der Waals surface area contributed by atoms with Gasteiger partial charge in [0.15, 0.2) is 11.7 Å². The van der Waals surface area contributed by atoms with Crippen LogP contribution in [0.1, 0.15) is 19.2 Å². The Morgan fingerprint density at radius 1 is 1.32 bits per heavy atom. The van der Waals surface area contributed by atoms with Crippen molar-refractivity contribution in [3.8, 4) is 11.3 Å². The molecule has 6 nitrogen and oxygen atoms in total. The Morgan fingerprint density at radius 3 is 2.64 bits per heavy atom. The van der Waals surface area contributed by atoms with Gasteiger partial charge >= 0.3 is 5.97 Å². The predicted octanol–water partition coefficient (Wildman–Crippen LogP) is 2.21. The van der Waals surface area contributed by atoms with Gasteiger partial charge in [-0.1, -0.05) is 30.3 Å². The second kappa shape index (κ2) is 6.89. The van der Waals surface area contributed by atoms with Crippen LogP contribution in [0.4, 0.5) is 0 Å². The SMILES string of the molecule is CC(C(=O)O)N(C)C(=O)CCc1ncc(-c2ccccc2)o1. The minimum Gasteiger partial charge on any atom is -0.480 e. The lowest BCUT2D eigenvalue weighted by Gasteiger charge is -2.21. The molecule has 0 aliphatic carbocycles. The molecule has 0 saturated heterocycles. The number of benzene rings is 1. The van der Waals surface area contributed by atoms with Crippen molar-refractivity contribution in [1.82, 2.24) is 9.88 Å². The summed E-state index contributed by atoms with van der Waals surface area (Å²) in [6.45, 7) is 1.47. The topological polar surface area (TPSA) is 83.6 Å². The molecule has 116 valence electrons. The zero-order valence-corrected chi connectivity index (χ0v) is 12.5. The average molecular weight is 302 g/mol. The zero-order chi connectivity index (χ0) is 16.1. The molecule has 0 fully saturated rings. The van der Waals surface area contributed by atoms with Crippen molar-refractivity contribution in [2.24, 2.45) is 0 Å². The third kappa shape index (κ3) is 3.72. The van der Waals surface area contributed by atoms with Gasteiger partial charge in [-0.2, -0.15) is 0 Å². The van der Waals surface area contributed by atoms with Gasteiger partial charge in [-0.3, -0.25) is 4.79 Å². The number of amides is 1. The fourth-order valence-electron chi connectivity index (χ4n) is 1.93. The maximum Gasteiger partial charge on any atom is 0.326 e. The number of hydrogen-bond acceptors (Lipinski definition) is 4. The van der Waals surface area contributed by atoms with Gasteiger partial charge < -0.3 is 14.4 Å². The molecule has 0 spiro atoms. The lowest BCUT2D eigenvalue weighted by atomic mass is 10.2. The first-order chi connectivity index (χ1) is 10.5. The van der Waals surface area contributed by atoms with Crippen LogP contribution in [0.2, 0.25) is 0 Å². The number of aliphatic carboxylic acids is 1. The van der Waals surface area contributed by atoms with E-state index in [1.54, 1.807) is 6.20 Å². The van der Waals surface area contributed by atoms with E-state index in [0.29, 0.717) is 18.1 Å². The van der Waals surface area contributed by atoms with Crippen LogP contribution in [0.15, 0.2) is 40.9 Å². The smallest absolute Gasteiger partial charge is 0.326 e. The number of rotatable bonds is 6. The van der Waals surface area contributed by atoms with Gasteiger partial charge in [0, 0.05) is 25.5 Å². The van der Waals surface area contributed by atoms with E-state index >= 15 is 0 Å². The summed E-state index contributed by atoms with van der Waals surface area (Å²) >= 11 is 0. The number of carbonyl (C=O) groups is 2. The molecule has 22 heavy (non-hydrogen) atoms. The number of aromatic nitrogens is 1. The van der Waals surface area contributed by atoms with Gasteiger partial charge in [-0.15, -0.1) is 0 Å². The summed E-state index contributed by atoms with van der Waals surface area (Å²) in [6, 6.07) is 8.71. The second-order valence-electron chi connectivity index (χ2n) is 5.00. The van der Waals surface area contributed by atoms with Crippen molar-refractivity contribution >= 4 is 11.9 Å². The summed E-state index contributed by atoms with van der Waals surface area (Å²) in [6.07, 6.45) is 2.12. The van der Waals surface area contributed by atoms with Crippen molar-refractivity contribution in [2.45, 2.75) is 25.8 Å². The summed E-state index contributed by atoms with van der Waals surface area (Å²) in [5.41, 5.74) is 0.921. The Labute approximate surface area is 128 Å². The number of carboxylic acid groups (broad SMARTS) is 1. The maximum atomic E-state index is 11.9. The van der Waals surface area contributed by atoms with Gasteiger partial charge in [0.05, 0.1) is 6.20 Å². The molecule has 0 aliphatic heterocycles. The van der Waals surface area contributed by atoms with E-state index in [1.807, 2.05) is 30.3 Å². The van der Waals surface area contributed by atoms with E-state index in [0.717, 1.165) is 5.56 Å². The van der Waals surface area contributed by atoms with Gasteiger partial charge in [-0.05, 0) is 6.92 Å². The molecule has 1 amide bonds. The van der Waals surface area contributed by atoms with Crippen molar-refractivity contribution in [3.63, 3.8) is 0 Å². The Bertz CT molecular complexity index is 651. The van der Waals surface area contributed by atoms with Crippen molar-refractivity contribution in [2.75, 3.05) is 7.05 Å². The first kappa shape index (κ1) is 15.8. The molecule has 1 heterocycles. The molecule has 0 aliphatic rings. The fourth-order valence-corrected chi connectivity index (χ4v) is 1.93. The van der Waals surface area contributed by atoms with E-state index < -0.39 is 12.0 Å². The maximum absolute atomic E-state index is 11.9. The minimum atomic E-state index is -1.03. The number of carbonyl (C=O) groups excluding carboxylic acids is 1. The van der Waals surface area contributed by atoms with Gasteiger partial charge in [0.1, 0.15) is 6.04 Å². The van der Waals surface area contributed by atoms with Crippen molar-refractivity contribution in [3.05, 3.63) is 42.4 Å². The number of carboxylic acids is 1. The lowest BCUT2D eigenvalue weighted by molar-refractivity contribution is -0.148. The first-order valence-electron chi connectivity index (χ1n) is 6.97. The van der Waals surface area contributed by atoms with E-state index in [-0.39, 0.29) is 12.3 Å². The molecule has 2 rings (SSSR count). The van der Waals surface area contributed by atoms with Crippen LogP contribution in [0.25, 0.3) is 11.3 Å². The van der Waals surface area contributed by atoms with Crippen molar-refractivity contribution < 1.29 is 19.1 Å². The summed E-state index contributed by atoms with van der Waals surface area (Å²) in [4.78, 5) is 28.1. The van der Waals surface area contributed by atoms with Gasteiger partial charge in [0.25, 0.3) is 0 Å². The van der Waals surface area contributed by atoms with Crippen LogP contribution in [0.3, 0.4) is 0 Å². The first-order valence-corrected chi connectivity index (χ1v) is 6.97. The summed E-state index contributed by atoms with van der Waals surface area (Å²) in [7, 11) is 1.48. The molecule has 0 radical (unpaired) electrons. The summed E-state index contributed by atoms with van der Waals surface area (Å²) in [5.74, 6) is -0.174. The molecule has 1 unspecified atom stereocenters. The lowest BCUT2D eigenvalue weighted by Crippen LogP contribution is -2.40. The number of likely N-dealkylation sites (N-methyl/N-ethyl adjacent to an activating group) is 1. The molecule has 1 aromatic carbocycles. The highest BCUT2D eigenvalue weighted by Crippen LogP contribution is 2.20. The van der Waals surface area contributed by atoms with Crippen LogP contribution in [-0.2, 0) is 16.0 Å². The number of nitrogens with zero attached hydrogens (tertiary/aromatic N) is 2. The molecular formula is C16H18N2O4.